The number of nitrogens with one attached hydrogen (secondary N) is 1. The number of amides is 1. The van der Waals surface area contributed by atoms with Gasteiger partial charge >= 0.3 is 0 Å². The highest BCUT2D eigenvalue weighted by Gasteiger charge is 2.33. The summed E-state index contributed by atoms with van der Waals surface area (Å²) in [5, 5.41) is 2.97. The summed E-state index contributed by atoms with van der Waals surface area (Å²) in [4.78, 5) is 33.7. The van der Waals surface area contributed by atoms with Crippen LogP contribution in [0.3, 0.4) is 0 Å². The van der Waals surface area contributed by atoms with Crippen LogP contribution in [0.1, 0.15) is 28.8 Å². The average molecular weight is 603 g/mol. The largest absolute Gasteiger partial charge is 0.491 e. The van der Waals surface area contributed by atoms with Crippen LogP contribution in [0, 0.1) is 0 Å². The van der Waals surface area contributed by atoms with Crippen LogP contribution in [0.4, 0.5) is 11.5 Å². The van der Waals surface area contributed by atoms with Crippen molar-refractivity contribution >= 4 is 41.6 Å². The topological polar surface area (TPSA) is 162 Å². The zero-order chi connectivity index (χ0) is 27.5. The summed E-state index contributed by atoms with van der Waals surface area (Å²) in [5.74, 6) is 2.85. The predicted molar refractivity (Wildman–Crippen MR) is 163 cm³/mol. The second kappa shape index (κ2) is 14.1. The Hall–Kier alpha value is -3.49. The molecule has 2 fully saturated rings. The van der Waals surface area contributed by atoms with E-state index in [1.54, 1.807) is 19.4 Å². The number of benzene rings is 1. The van der Waals surface area contributed by atoms with Crippen LogP contribution in [0.25, 0.3) is 0 Å². The molecule has 0 spiro atoms. The minimum absolute atomic E-state index is 0. The van der Waals surface area contributed by atoms with Crippen molar-refractivity contribution in [3.05, 3.63) is 41.6 Å². The number of fused-ring (bicyclic) bond motifs is 3. The molecule has 0 radical (unpaired) electrons. The Balaban J connectivity index is 0.00000202. The van der Waals surface area contributed by atoms with Gasteiger partial charge < -0.3 is 30.3 Å². The van der Waals surface area contributed by atoms with E-state index in [1.807, 2.05) is 23.1 Å². The van der Waals surface area contributed by atoms with Crippen molar-refractivity contribution in [2.45, 2.75) is 18.9 Å². The fraction of sp³-hybridized carbons (Fsp3) is 0.500. The number of aliphatic imine (C=N–C) groups is 2. The van der Waals surface area contributed by atoms with Gasteiger partial charge in [0.05, 0.1) is 39.0 Å². The normalized spacial score (nSPS) is 19.5. The molecule has 2 saturated heterocycles. The van der Waals surface area contributed by atoms with Gasteiger partial charge in [-0.05, 0) is 37.1 Å². The Bertz CT molecular complexity index is 1300. The maximum atomic E-state index is 13.2. The van der Waals surface area contributed by atoms with Crippen LogP contribution >= 0.6 is 12.4 Å². The summed E-state index contributed by atoms with van der Waals surface area (Å²) >= 11 is 0. The van der Waals surface area contributed by atoms with Gasteiger partial charge in [0.25, 0.3) is 5.91 Å². The van der Waals surface area contributed by atoms with Crippen molar-refractivity contribution < 1.29 is 24.5 Å². The molecule has 1 aromatic heterocycles. The minimum atomic E-state index is -0.292. The molecule has 5 N–H and O–H groups in total. The van der Waals surface area contributed by atoms with E-state index in [1.165, 1.54) is 0 Å². The number of guanidine groups is 1. The molecule has 0 unspecified atom stereocenters. The molecule has 228 valence electrons. The number of carbonyl (C=O) groups is 1. The molecule has 4 aliphatic heterocycles. The van der Waals surface area contributed by atoms with E-state index in [0.29, 0.717) is 48.4 Å². The van der Waals surface area contributed by atoms with E-state index >= 15 is 0 Å². The van der Waals surface area contributed by atoms with Crippen molar-refractivity contribution in [2.75, 3.05) is 77.6 Å². The number of nitrogens with zero attached hydrogens (tertiary/aromatic N) is 6. The molecule has 0 bridgehead atoms. The smallest absolute Gasteiger partial charge is 0.259 e. The molecule has 13 nitrogen and oxygen atoms in total. The standard InChI is InChI=1S/C28H36N8O4.ClH.H2O/c1-38-25-22(40-14-2-9-34-12-15-39-16-13-34)5-4-21-24(25)32-28(36-11-8-30-26(21)36)33-27(37)19-3-6-23(31-17-19)35-10-7-20(29)18-35;;/h3-6,17,20H,2,7-16,18,29H2,1H3,(H,32,33,37);1H;1H2/t20-;;/m0../s1. The second-order valence-corrected chi connectivity index (χ2v) is 10.3. The molecule has 6 rings (SSSR count). The van der Waals surface area contributed by atoms with Crippen molar-refractivity contribution in [2.24, 2.45) is 15.7 Å². The minimum Gasteiger partial charge on any atom is -0.491 e. The maximum Gasteiger partial charge on any atom is 0.259 e. The first kappa shape index (κ1) is 31.4. The molecule has 1 amide bonds. The molecule has 1 atom stereocenters. The molecular weight excluding hydrogens is 564 g/mol. The summed E-state index contributed by atoms with van der Waals surface area (Å²) < 4.78 is 17.3. The predicted octanol–water partition coefficient (Wildman–Crippen LogP) is 0.819. The molecule has 5 heterocycles. The van der Waals surface area contributed by atoms with Gasteiger partial charge in [-0.1, -0.05) is 0 Å². The number of hydrogen-bond acceptors (Lipinski definition) is 11. The zero-order valence-corrected chi connectivity index (χ0v) is 24.6. The molecule has 14 heteroatoms. The van der Waals surface area contributed by atoms with Gasteiger partial charge in [-0.2, -0.15) is 0 Å². The van der Waals surface area contributed by atoms with Crippen LogP contribution in [0.15, 0.2) is 40.4 Å². The monoisotopic (exact) mass is 602 g/mol. The first-order valence-electron chi connectivity index (χ1n) is 13.9. The third kappa shape index (κ3) is 6.60. The highest BCUT2D eigenvalue weighted by molar-refractivity contribution is 6.20. The number of nitrogens with two attached hydrogens (primary N) is 1. The average Bonchev–Trinajstić information content (AvgIpc) is 3.66. The molecule has 42 heavy (non-hydrogen) atoms. The van der Waals surface area contributed by atoms with Crippen molar-refractivity contribution in [3.8, 4) is 11.5 Å². The number of pyridine rings is 1. The second-order valence-electron chi connectivity index (χ2n) is 10.3. The maximum absolute atomic E-state index is 13.2. The lowest BCUT2D eigenvalue weighted by Gasteiger charge is -2.29. The Labute approximate surface area is 251 Å². The lowest BCUT2D eigenvalue weighted by Crippen LogP contribution is -2.47. The number of aromatic nitrogens is 1. The molecule has 0 saturated carbocycles. The fourth-order valence-corrected chi connectivity index (χ4v) is 5.47. The van der Waals surface area contributed by atoms with Gasteiger partial charge in [-0.15, -0.1) is 12.4 Å². The number of halogens is 1. The Morgan fingerprint density at radius 1 is 1.17 bits per heavy atom. The van der Waals surface area contributed by atoms with Gasteiger partial charge in [0.15, 0.2) is 11.5 Å². The Kier molecular flexibility index (Phi) is 10.6. The van der Waals surface area contributed by atoms with Crippen LogP contribution in [0.5, 0.6) is 11.5 Å². The lowest BCUT2D eigenvalue weighted by molar-refractivity contribution is 0.0357. The van der Waals surface area contributed by atoms with Gasteiger partial charge in [-0.3, -0.25) is 24.9 Å². The SMILES string of the molecule is COc1c(OCCCN2CCOCC2)ccc2c1N=C(NC(=O)c1ccc(N3CC[C@H](N)C3)nc1)N1CCN=C21.Cl.O. The number of ether oxygens (including phenoxy) is 3. The molecule has 2 aromatic rings. The van der Waals surface area contributed by atoms with Gasteiger partial charge in [-0.25, -0.2) is 9.98 Å². The van der Waals surface area contributed by atoms with Crippen molar-refractivity contribution in [1.82, 2.24) is 20.1 Å². The summed E-state index contributed by atoms with van der Waals surface area (Å²) in [6.45, 7) is 7.87. The van der Waals surface area contributed by atoms with Crippen molar-refractivity contribution in [3.63, 3.8) is 0 Å². The van der Waals surface area contributed by atoms with Crippen LogP contribution in [-0.4, -0.2) is 117 Å². The summed E-state index contributed by atoms with van der Waals surface area (Å²) in [5.41, 5.74) is 7.92. The first-order chi connectivity index (χ1) is 19.6. The number of morpholine rings is 1. The Morgan fingerprint density at radius 2 is 2.00 bits per heavy atom. The van der Waals surface area contributed by atoms with Crippen molar-refractivity contribution in [1.29, 1.82) is 0 Å². The fourth-order valence-electron chi connectivity index (χ4n) is 5.47. The lowest BCUT2D eigenvalue weighted by atomic mass is 10.1. The summed E-state index contributed by atoms with van der Waals surface area (Å²) in [6.07, 6.45) is 3.42. The van der Waals surface area contributed by atoms with Gasteiger partial charge in [0.1, 0.15) is 17.3 Å². The van der Waals surface area contributed by atoms with Gasteiger partial charge in [0, 0.05) is 57.1 Å². The van der Waals surface area contributed by atoms with E-state index in [4.69, 9.17) is 29.9 Å². The number of carbonyl (C=O) groups excluding carboxylic acids is 1. The number of methoxy groups -OCH3 is 1. The molecule has 4 aliphatic rings. The summed E-state index contributed by atoms with van der Waals surface area (Å²) in [6, 6.07) is 7.67. The third-order valence-corrected chi connectivity index (χ3v) is 7.62. The molecule has 1 aromatic carbocycles. The third-order valence-electron chi connectivity index (χ3n) is 7.62. The number of rotatable bonds is 8. The zero-order valence-electron chi connectivity index (χ0n) is 23.8. The highest BCUT2D eigenvalue weighted by Crippen LogP contribution is 2.43. The molecular formula is C28H39ClN8O5. The van der Waals surface area contributed by atoms with E-state index in [0.717, 1.165) is 76.0 Å². The number of anilines is 1. The number of hydrogen-bond donors (Lipinski definition) is 2. The summed E-state index contributed by atoms with van der Waals surface area (Å²) in [7, 11) is 1.60. The highest BCUT2D eigenvalue weighted by atomic mass is 35.5. The van der Waals surface area contributed by atoms with Crippen LogP contribution < -0.4 is 25.4 Å². The van der Waals surface area contributed by atoms with E-state index in [9.17, 15) is 4.79 Å². The Morgan fingerprint density at radius 3 is 2.71 bits per heavy atom. The molecule has 0 aliphatic carbocycles. The van der Waals surface area contributed by atoms with Gasteiger partial charge in [0.2, 0.25) is 5.96 Å². The van der Waals surface area contributed by atoms with Crippen LogP contribution in [0.2, 0.25) is 0 Å². The van der Waals surface area contributed by atoms with E-state index < -0.39 is 0 Å². The van der Waals surface area contributed by atoms with E-state index in [-0.39, 0.29) is 29.8 Å². The van der Waals surface area contributed by atoms with Crippen LogP contribution in [-0.2, 0) is 4.74 Å². The quantitative estimate of drug-likeness (QED) is 0.417. The van der Waals surface area contributed by atoms with E-state index in [2.05, 4.69) is 20.1 Å². The first-order valence-corrected chi connectivity index (χ1v) is 13.9. The number of amidine groups is 1.